The minimum Gasteiger partial charge on any atom is -0.372 e. The Morgan fingerprint density at radius 2 is 1.61 bits per heavy atom. The van der Waals surface area contributed by atoms with Crippen LogP contribution in [0.2, 0.25) is 0 Å². The lowest BCUT2D eigenvalue weighted by molar-refractivity contribution is -0.147. The normalized spacial score (nSPS) is 21.5. The highest BCUT2D eigenvalue weighted by atomic mass is 16.2. The first kappa shape index (κ1) is 20.7. The summed E-state index contributed by atoms with van der Waals surface area (Å²) in [6.45, 7) is 11.6. The molecule has 1 N–H and O–H groups in total. The average molecular weight is 386 g/mol. The second-order valence-corrected chi connectivity index (χ2v) is 9.29. The lowest BCUT2D eigenvalue weighted by atomic mass is 9.88. The highest BCUT2D eigenvalue weighted by Crippen LogP contribution is 2.27. The summed E-state index contributed by atoms with van der Waals surface area (Å²) in [5.41, 5.74) is 0.869. The van der Waals surface area contributed by atoms with E-state index >= 15 is 0 Å². The van der Waals surface area contributed by atoms with E-state index in [1.807, 2.05) is 17.0 Å². The van der Waals surface area contributed by atoms with Gasteiger partial charge in [0.2, 0.25) is 11.8 Å². The molecule has 1 unspecified atom stereocenters. The average Bonchev–Trinajstić information content (AvgIpc) is 2.68. The number of carbonyl (C=O) groups is 2. The lowest BCUT2D eigenvalue weighted by Gasteiger charge is -2.36. The first-order valence-corrected chi connectivity index (χ1v) is 10.7. The quantitative estimate of drug-likeness (QED) is 0.792. The maximum Gasteiger partial charge on any atom is 0.239 e. The van der Waals surface area contributed by atoms with Gasteiger partial charge >= 0.3 is 0 Å². The van der Waals surface area contributed by atoms with Crippen LogP contribution in [0.3, 0.4) is 0 Å². The SMILES string of the molecule is CC1CCN(c2ccc(NC(=O)C(C)(C)C(=O)N3CCCC(C)C3)cc2)CC1. The third-order valence-corrected chi connectivity index (χ3v) is 6.32. The van der Waals surface area contributed by atoms with Gasteiger partial charge in [-0.15, -0.1) is 0 Å². The van der Waals surface area contributed by atoms with E-state index in [0.717, 1.165) is 50.6 Å². The number of piperidine rings is 2. The van der Waals surface area contributed by atoms with Crippen LogP contribution in [0.15, 0.2) is 24.3 Å². The van der Waals surface area contributed by atoms with Crippen LogP contribution in [0.4, 0.5) is 11.4 Å². The van der Waals surface area contributed by atoms with Gasteiger partial charge in [0, 0.05) is 37.6 Å². The Balaban J connectivity index is 1.60. The number of rotatable bonds is 4. The highest BCUT2D eigenvalue weighted by molar-refractivity contribution is 6.09. The number of carbonyl (C=O) groups excluding carboxylic acids is 2. The van der Waals surface area contributed by atoms with Gasteiger partial charge in [-0.2, -0.15) is 0 Å². The number of likely N-dealkylation sites (tertiary alicyclic amines) is 1. The monoisotopic (exact) mass is 385 g/mol. The van der Waals surface area contributed by atoms with E-state index in [-0.39, 0.29) is 11.8 Å². The van der Waals surface area contributed by atoms with Crippen molar-refractivity contribution in [2.45, 2.75) is 53.4 Å². The largest absolute Gasteiger partial charge is 0.372 e. The van der Waals surface area contributed by atoms with E-state index in [1.165, 1.54) is 18.5 Å². The molecular formula is C23H35N3O2. The van der Waals surface area contributed by atoms with E-state index in [9.17, 15) is 9.59 Å². The van der Waals surface area contributed by atoms with E-state index in [4.69, 9.17) is 0 Å². The lowest BCUT2D eigenvalue weighted by Crippen LogP contribution is -2.50. The van der Waals surface area contributed by atoms with Gasteiger partial charge in [-0.25, -0.2) is 0 Å². The molecule has 0 spiro atoms. The van der Waals surface area contributed by atoms with Crippen LogP contribution >= 0.6 is 0 Å². The van der Waals surface area contributed by atoms with Gasteiger partial charge in [0.1, 0.15) is 5.41 Å². The minimum atomic E-state index is -1.07. The molecule has 28 heavy (non-hydrogen) atoms. The topological polar surface area (TPSA) is 52.7 Å². The van der Waals surface area contributed by atoms with Crippen LogP contribution in [-0.2, 0) is 9.59 Å². The third-order valence-electron chi connectivity index (χ3n) is 6.32. The summed E-state index contributed by atoms with van der Waals surface area (Å²) < 4.78 is 0. The third kappa shape index (κ3) is 4.68. The van der Waals surface area contributed by atoms with E-state index in [1.54, 1.807) is 13.8 Å². The van der Waals surface area contributed by atoms with Crippen molar-refractivity contribution >= 4 is 23.2 Å². The molecule has 0 bridgehead atoms. The Morgan fingerprint density at radius 3 is 2.21 bits per heavy atom. The molecule has 0 saturated carbocycles. The maximum absolute atomic E-state index is 12.9. The molecule has 2 aliphatic rings. The summed E-state index contributed by atoms with van der Waals surface area (Å²) in [6.07, 6.45) is 4.62. The van der Waals surface area contributed by atoms with Crippen molar-refractivity contribution in [2.24, 2.45) is 17.3 Å². The molecule has 0 radical (unpaired) electrons. The number of nitrogens with one attached hydrogen (secondary N) is 1. The van der Waals surface area contributed by atoms with Crippen LogP contribution in [0.5, 0.6) is 0 Å². The molecule has 5 nitrogen and oxygen atoms in total. The molecule has 1 aromatic rings. The second-order valence-electron chi connectivity index (χ2n) is 9.29. The maximum atomic E-state index is 12.9. The molecule has 3 rings (SSSR count). The van der Waals surface area contributed by atoms with Crippen LogP contribution in [0.1, 0.15) is 53.4 Å². The molecule has 0 aromatic heterocycles. The summed E-state index contributed by atoms with van der Waals surface area (Å²) >= 11 is 0. The Bertz CT molecular complexity index is 690. The summed E-state index contributed by atoms with van der Waals surface area (Å²) in [4.78, 5) is 30.1. The molecule has 1 aromatic carbocycles. The van der Waals surface area contributed by atoms with Crippen LogP contribution < -0.4 is 10.2 Å². The van der Waals surface area contributed by atoms with Gasteiger partial charge < -0.3 is 15.1 Å². The Kier molecular flexibility index (Phi) is 6.31. The number of benzene rings is 1. The molecule has 2 amide bonds. The number of nitrogens with zero attached hydrogens (tertiary/aromatic N) is 2. The zero-order valence-corrected chi connectivity index (χ0v) is 17.8. The fourth-order valence-electron chi connectivity index (χ4n) is 4.18. The highest BCUT2D eigenvalue weighted by Gasteiger charge is 2.40. The standard InChI is InChI=1S/C23H35N3O2/c1-17-11-14-25(15-12-17)20-9-7-19(8-10-20)24-21(27)23(3,4)22(28)26-13-5-6-18(2)16-26/h7-10,17-18H,5-6,11-16H2,1-4H3,(H,24,27). The second kappa shape index (κ2) is 8.54. The van der Waals surface area contributed by atoms with Crippen molar-refractivity contribution in [2.75, 3.05) is 36.4 Å². The smallest absolute Gasteiger partial charge is 0.239 e. The zero-order chi connectivity index (χ0) is 20.3. The molecule has 2 heterocycles. The first-order chi connectivity index (χ1) is 13.3. The molecule has 154 valence electrons. The number of hydrogen-bond acceptors (Lipinski definition) is 3. The van der Waals surface area contributed by atoms with Crippen LogP contribution in [0, 0.1) is 17.3 Å². The van der Waals surface area contributed by atoms with Gasteiger partial charge in [0.05, 0.1) is 0 Å². The van der Waals surface area contributed by atoms with Crippen molar-refractivity contribution in [3.05, 3.63) is 24.3 Å². The van der Waals surface area contributed by atoms with Crippen molar-refractivity contribution in [3.8, 4) is 0 Å². The van der Waals surface area contributed by atoms with Crippen molar-refractivity contribution in [1.82, 2.24) is 4.90 Å². The molecule has 5 heteroatoms. The molecule has 2 aliphatic heterocycles. The minimum absolute atomic E-state index is 0.0735. The molecular weight excluding hydrogens is 350 g/mol. The van der Waals surface area contributed by atoms with Crippen molar-refractivity contribution < 1.29 is 9.59 Å². The Morgan fingerprint density at radius 1 is 0.964 bits per heavy atom. The predicted octanol–water partition coefficient (Wildman–Crippen LogP) is 4.15. The van der Waals surface area contributed by atoms with Crippen LogP contribution in [-0.4, -0.2) is 42.9 Å². The summed E-state index contributed by atoms with van der Waals surface area (Å²) in [7, 11) is 0. The molecule has 0 aliphatic carbocycles. The molecule has 1 atom stereocenters. The van der Waals surface area contributed by atoms with Crippen molar-refractivity contribution in [3.63, 3.8) is 0 Å². The number of hydrogen-bond donors (Lipinski definition) is 1. The summed E-state index contributed by atoms with van der Waals surface area (Å²) in [5, 5.41) is 2.95. The fraction of sp³-hybridized carbons (Fsp3) is 0.652. The molecule has 2 fully saturated rings. The molecule has 2 saturated heterocycles. The van der Waals surface area contributed by atoms with Gasteiger partial charge in [-0.05, 0) is 75.6 Å². The van der Waals surface area contributed by atoms with E-state index < -0.39 is 5.41 Å². The number of anilines is 2. The summed E-state index contributed by atoms with van der Waals surface area (Å²) in [6, 6.07) is 8.00. The summed E-state index contributed by atoms with van der Waals surface area (Å²) in [5.74, 6) is 0.991. The van der Waals surface area contributed by atoms with E-state index in [2.05, 4.69) is 36.2 Å². The zero-order valence-electron chi connectivity index (χ0n) is 17.8. The first-order valence-electron chi connectivity index (χ1n) is 10.7. The van der Waals surface area contributed by atoms with Gasteiger partial charge in [0.15, 0.2) is 0 Å². The Hall–Kier alpha value is -2.04. The fourth-order valence-corrected chi connectivity index (χ4v) is 4.18. The van der Waals surface area contributed by atoms with E-state index in [0.29, 0.717) is 5.92 Å². The Labute approximate surface area is 169 Å². The van der Waals surface area contributed by atoms with Crippen molar-refractivity contribution in [1.29, 1.82) is 0 Å². The predicted molar refractivity (Wildman–Crippen MR) is 114 cm³/mol. The van der Waals surface area contributed by atoms with Gasteiger partial charge in [0.25, 0.3) is 0 Å². The van der Waals surface area contributed by atoms with Gasteiger partial charge in [-0.3, -0.25) is 9.59 Å². The van der Waals surface area contributed by atoms with Gasteiger partial charge in [-0.1, -0.05) is 13.8 Å². The number of amides is 2. The van der Waals surface area contributed by atoms with Crippen LogP contribution in [0.25, 0.3) is 0 Å².